The SMILES string of the molecule is C=[N+](C)[N-]c1ccccc1P(C)C.CC. The molecule has 0 amide bonds. The second kappa shape index (κ2) is 7.42. The third kappa shape index (κ3) is 4.94. The van der Waals surface area contributed by atoms with E-state index in [1.165, 1.54) is 5.30 Å². The molecule has 0 N–H and O–H groups in total. The molecule has 1 aromatic rings. The number of benzene rings is 1. The summed E-state index contributed by atoms with van der Waals surface area (Å²) in [6.07, 6.45) is 0. The maximum Gasteiger partial charge on any atom is 0.127 e. The van der Waals surface area contributed by atoms with Crippen LogP contribution in [-0.4, -0.2) is 31.8 Å². The lowest BCUT2D eigenvalue weighted by Crippen LogP contribution is -2.03. The van der Waals surface area contributed by atoms with Gasteiger partial charge in [0.25, 0.3) is 0 Å². The summed E-state index contributed by atoms with van der Waals surface area (Å²) in [7, 11) is 1.74. The fourth-order valence-electron chi connectivity index (χ4n) is 1.11. The first-order valence-electron chi connectivity index (χ1n) is 5.13. The number of nitrogens with zero attached hydrogens (tertiary/aromatic N) is 2. The average molecular weight is 224 g/mol. The van der Waals surface area contributed by atoms with Gasteiger partial charge in [-0.05, 0) is 18.6 Å². The summed E-state index contributed by atoms with van der Waals surface area (Å²) >= 11 is 0. The van der Waals surface area contributed by atoms with Crippen molar-refractivity contribution in [2.75, 3.05) is 20.4 Å². The van der Waals surface area contributed by atoms with E-state index in [0.717, 1.165) is 5.69 Å². The van der Waals surface area contributed by atoms with Gasteiger partial charge in [-0.25, -0.2) is 0 Å². The van der Waals surface area contributed by atoms with Crippen LogP contribution in [0.15, 0.2) is 24.3 Å². The zero-order chi connectivity index (χ0) is 11.8. The van der Waals surface area contributed by atoms with Gasteiger partial charge in [-0.3, -0.25) is 4.68 Å². The molecular weight excluding hydrogens is 203 g/mol. The van der Waals surface area contributed by atoms with Gasteiger partial charge in [0, 0.05) is 0 Å². The Morgan fingerprint density at radius 3 is 2.20 bits per heavy atom. The van der Waals surface area contributed by atoms with E-state index >= 15 is 0 Å². The monoisotopic (exact) mass is 224 g/mol. The Balaban J connectivity index is 0.000000921. The lowest BCUT2D eigenvalue weighted by molar-refractivity contribution is -0.428. The lowest BCUT2D eigenvalue weighted by Gasteiger charge is -2.20. The second-order valence-electron chi connectivity index (χ2n) is 3.14. The Bertz CT molecular complexity index is 308. The Morgan fingerprint density at radius 1 is 1.20 bits per heavy atom. The predicted molar refractivity (Wildman–Crippen MR) is 72.5 cm³/mol. The van der Waals surface area contributed by atoms with Crippen LogP contribution in [0.25, 0.3) is 5.43 Å². The Hall–Kier alpha value is -0.880. The van der Waals surface area contributed by atoms with E-state index in [9.17, 15) is 0 Å². The molecule has 2 nitrogen and oxygen atoms in total. The van der Waals surface area contributed by atoms with Gasteiger partial charge in [-0.1, -0.05) is 51.7 Å². The Kier molecular flexibility index (Phi) is 6.98. The van der Waals surface area contributed by atoms with E-state index < -0.39 is 0 Å². The quantitative estimate of drug-likeness (QED) is 0.324. The van der Waals surface area contributed by atoms with E-state index in [0.29, 0.717) is 0 Å². The van der Waals surface area contributed by atoms with E-state index in [-0.39, 0.29) is 7.92 Å². The molecule has 0 aliphatic carbocycles. The second-order valence-corrected chi connectivity index (χ2v) is 5.41. The van der Waals surface area contributed by atoms with Gasteiger partial charge in [-0.2, -0.15) is 0 Å². The molecule has 0 aliphatic rings. The molecule has 0 aromatic heterocycles. The minimum atomic E-state index is -0.0952. The van der Waals surface area contributed by atoms with Crippen LogP contribution in [0.3, 0.4) is 0 Å². The van der Waals surface area contributed by atoms with Gasteiger partial charge in [-0.15, -0.1) is 0 Å². The smallest absolute Gasteiger partial charge is 0.127 e. The molecule has 15 heavy (non-hydrogen) atoms. The summed E-state index contributed by atoms with van der Waals surface area (Å²) in [4.78, 5) is 0. The van der Waals surface area contributed by atoms with E-state index in [4.69, 9.17) is 0 Å². The summed E-state index contributed by atoms with van der Waals surface area (Å²) in [6.45, 7) is 12.2. The van der Waals surface area contributed by atoms with Gasteiger partial charge >= 0.3 is 0 Å². The first-order chi connectivity index (χ1) is 7.11. The molecule has 84 valence electrons. The van der Waals surface area contributed by atoms with Crippen LogP contribution in [0, 0.1) is 0 Å². The minimum absolute atomic E-state index is 0.0952. The topological polar surface area (TPSA) is 17.1 Å². The predicted octanol–water partition coefficient (Wildman–Crippen LogP) is 3.34. The summed E-state index contributed by atoms with van der Waals surface area (Å²) in [5.74, 6) is 0. The number of hydrogen-bond acceptors (Lipinski definition) is 0. The Morgan fingerprint density at radius 2 is 1.73 bits per heavy atom. The highest BCUT2D eigenvalue weighted by molar-refractivity contribution is 7.64. The van der Waals surface area contributed by atoms with Crippen molar-refractivity contribution >= 4 is 25.6 Å². The van der Waals surface area contributed by atoms with Gasteiger partial charge in [0.05, 0.1) is 0 Å². The molecular formula is C12H21N2P. The van der Waals surface area contributed by atoms with Gasteiger partial charge in [0.1, 0.15) is 13.8 Å². The fourth-order valence-corrected chi connectivity index (χ4v) is 2.07. The van der Waals surface area contributed by atoms with Crippen LogP contribution in [0.1, 0.15) is 13.8 Å². The van der Waals surface area contributed by atoms with Crippen molar-refractivity contribution in [3.63, 3.8) is 0 Å². The largest absolute Gasteiger partial charge is 0.411 e. The number of rotatable bonds is 3. The van der Waals surface area contributed by atoms with Crippen LogP contribution in [0.2, 0.25) is 0 Å². The van der Waals surface area contributed by atoms with Crippen molar-refractivity contribution in [3.05, 3.63) is 29.7 Å². The summed E-state index contributed by atoms with van der Waals surface area (Å²) in [6, 6.07) is 8.22. The van der Waals surface area contributed by atoms with Gasteiger partial charge < -0.3 is 5.43 Å². The fraction of sp³-hybridized carbons (Fsp3) is 0.417. The van der Waals surface area contributed by atoms with Crippen LogP contribution in [-0.2, 0) is 0 Å². The van der Waals surface area contributed by atoms with Gasteiger partial charge in [0.2, 0.25) is 0 Å². The molecule has 0 radical (unpaired) electrons. The molecule has 0 aliphatic heterocycles. The third-order valence-electron chi connectivity index (χ3n) is 1.64. The van der Waals surface area contributed by atoms with Crippen molar-refractivity contribution in [1.29, 1.82) is 0 Å². The summed E-state index contributed by atoms with van der Waals surface area (Å²) in [5, 5.41) is 1.33. The maximum absolute atomic E-state index is 4.32. The molecule has 1 rings (SSSR count). The first-order valence-corrected chi connectivity index (χ1v) is 7.37. The minimum Gasteiger partial charge on any atom is -0.411 e. The third-order valence-corrected chi connectivity index (χ3v) is 2.98. The van der Waals surface area contributed by atoms with E-state index in [1.54, 1.807) is 4.68 Å². The van der Waals surface area contributed by atoms with Crippen LogP contribution >= 0.6 is 7.92 Å². The maximum atomic E-state index is 4.32. The van der Waals surface area contributed by atoms with Crippen molar-refractivity contribution in [2.24, 2.45) is 0 Å². The molecule has 0 heterocycles. The highest BCUT2D eigenvalue weighted by Crippen LogP contribution is 2.30. The van der Waals surface area contributed by atoms with Crippen LogP contribution in [0.5, 0.6) is 0 Å². The van der Waals surface area contributed by atoms with Crippen molar-refractivity contribution < 1.29 is 4.68 Å². The molecule has 0 saturated heterocycles. The van der Waals surface area contributed by atoms with Crippen molar-refractivity contribution in [1.82, 2.24) is 0 Å². The highest BCUT2D eigenvalue weighted by atomic mass is 31.1. The normalized spacial score (nSPS) is 9.20. The highest BCUT2D eigenvalue weighted by Gasteiger charge is 1.99. The molecule has 0 saturated carbocycles. The molecule has 0 atom stereocenters. The summed E-state index contributed by atoms with van der Waals surface area (Å²) < 4.78 is 1.59. The lowest BCUT2D eigenvalue weighted by atomic mass is 10.3. The molecule has 0 unspecified atom stereocenters. The first kappa shape index (κ1) is 14.1. The van der Waals surface area contributed by atoms with Crippen molar-refractivity contribution in [3.8, 4) is 0 Å². The standard InChI is InChI=1S/C10H15N2P.C2H6/c1-12(2)11-9-7-5-6-8-10(9)13(3)4;1-2/h5-8H,1H2,2-4H3;1-2H3. The summed E-state index contributed by atoms with van der Waals surface area (Å²) in [5.41, 5.74) is 5.36. The molecule has 0 bridgehead atoms. The Labute approximate surface area is 94.8 Å². The molecule has 0 spiro atoms. The van der Waals surface area contributed by atoms with Gasteiger partial charge in [0.15, 0.2) is 0 Å². The molecule has 3 heteroatoms. The zero-order valence-corrected chi connectivity index (χ0v) is 11.3. The molecule has 0 fully saturated rings. The van der Waals surface area contributed by atoms with E-state index in [1.807, 2.05) is 33.0 Å². The van der Waals surface area contributed by atoms with Crippen LogP contribution < -0.4 is 5.30 Å². The van der Waals surface area contributed by atoms with E-state index in [2.05, 4.69) is 37.6 Å². The van der Waals surface area contributed by atoms with Crippen molar-refractivity contribution in [2.45, 2.75) is 13.8 Å². The molecule has 1 aromatic carbocycles. The van der Waals surface area contributed by atoms with Crippen LogP contribution in [0.4, 0.5) is 5.69 Å². The average Bonchev–Trinajstić information content (AvgIpc) is 2.20. The zero-order valence-electron chi connectivity index (χ0n) is 10.4. The number of hydrogen-bond donors (Lipinski definition) is 0.